The van der Waals surface area contributed by atoms with Gasteiger partial charge >= 0.3 is 0 Å². The van der Waals surface area contributed by atoms with Gasteiger partial charge in [0.25, 0.3) is 0 Å². The van der Waals surface area contributed by atoms with Crippen molar-refractivity contribution in [3.63, 3.8) is 0 Å². The van der Waals surface area contributed by atoms with E-state index in [4.69, 9.17) is 0 Å². The number of hydrogen-bond acceptors (Lipinski definition) is 5. The third-order valence-corrected chi connectivity index (χ3v) is 5.66. The first kappa shape index (κ1) is 18.7. The number of aromatic nitrogens is 2. The molecule has 138 valence electrons. The van der Waals surface area contributed by atoms with Crippen LogP contribution in [0.3, 0.4) is 0 Å². The predicted octanol–water partition coefficient (Wildman–Crippen LogP) is 4.20. The molecule has 0 aliphatic carbocycles. The van der Waals surface area contributed by atoms with Crippen LogP contribution >= 0.6 is 11.8 Å². The van der Waals surface area contributed by atoms with Crippen molar-refractivity contribution in [3.8, 4) is 0 Å². The molecular formula is C20H26N4OS. The lowest BCUT2D eigenvalue weighted by molar-refractivity contribution is -0.113. The molecule has 2 aromatic rings. The molecule has 0 spiro atoms. The molecule has 3 rings (SSSR count). The number of piperidine rings is 1. The van der Waals surface area contributed by atoms with E-state index in [2.05, 4.69) is 33.2 Å². The summed E-state index contributed by atoms with van der Waals surface area (Å²) in [7, 11) is 0. The summed E-state index contributed by atoms with van der Waals surface area (Å²) < 4.78 is 0. The van der Waals surface area contributed by atoms with Crippen LogP contribution in [0, 0.1) is 13.8 Å². The van der Waals surface area contributed by atoms with Crippen LogP contribution in [-0.2, 0) is 4.79 Å². The summed E-state index contributed by atoms with van der Waals surface area (Å²) in [5.74, 6) is 1.28. The number of thioether (sulfide) groups is 1. The predicted molar refractivity (Wildman–Crippen MR) is 108 cm³/mol. The number of amides is 1. The van der Waals surface area contributed by atoms with Crippen LogP contribution in [0.5, 0.6) is 0 Å². The molecule has 1 N–H and O–H groups in total. The third-order valence-electron chi connectivity index (χ3n) is 4.73. The molecule has 1 aromatic carbocycles. The molecule has 1 saturated heterocycles. The van der Waals surface area contributed by atoms with Crippen molar-refractivity contribution < 1.29 is 4.79 Å². The maximum Gasteiger partial charge on any atom is 0.234 e. The zero-order chi connectivity index (χ0) is 18.5. The van der Waals surface area contributed by atoms with Crippen molar-refractivity contribution in [2.45, 2.75) is 51.1 Å². The summed E-state index contributed by atoms with van der Waals surface area (Å²) in [6.07, 6.45) is 5.28. The minimum absolute atomic E-state index is 0.0199. The average molecular weight is 371 g/mol. The largest absolute Gasteiger partial charge is 0.354 e. The van der Waals surface area contributed by atoms with Crippen LogP contribution in [0.1, 0.15) is 37.3 Å². The lowest BCUT2D eigenvalue weighted by Gasteiger charge is -2.34. The van der Waals surface area contributed by atoms with Crippen LogP contribution in [0.4, 0.5) is 11.5 Å². The van der Waals surface area contributed by atoms with E-state index in [1.54, 1.807) is 6.33 Å². The molecule has 0 radical (unpaired) electrons. The van der Waals surface area contributed by atoms with Gasteiger partial charge in [0.1, 0.15) is 17.2 Å². The zero-order valence-electron chi connectivity index (χ0n) is 15.7. The molecule has 0 saturated carbocycles. The fourth-order valence-corrected chi connectivity index (χ4v) is 3.95. The molecule has 26 heavy (non-hydrogen) atoms. The molecular weight excluding hydrogens is 344 g/mol. The van der Waals surface area contributed by atoms with Gasteiger partial charge in [0.15, 0.2) is 0 Å². The van der Waals surface area contributed by atoms with Crippen LogP contribution < -0.4 is 10.2 Å². The Labute approximate surface area is 159 Å². The van der Waals surface area contributed by atoms with Crippen molar-refractivity contribution in [1.82, 2.24) is 9.97 Å². The van der Waals surface area contributed by atoms with Gasteiger partial charge in [-0.05, 0) is 51.7 Å². The molecule has 1 aliphatic rings. The van der Waals surface area contributed by atoms with Crippen molar-refractivity contribution in [1.29, 1.82) is 0 Å². The van der Waals surface area contributed by atoms with Gasteiger partial charge in [0, 0.05) is 24.3 Å². The second-order valence-corrected chi connectivity index (χ2v) is 7.90. The first-order chi connectivity index (χ1) is 12.5. The van der Waals surface area contributed by atoms with Crippen LogP contribution in [0.25, 0.3) is 0 Å². The number of carbonyl (C=O) groups is 1. The van der Waals surface area contributed by atoms with E-state index < -0.39 is 0 Å². The first-order valence-corrected chi connectivity index (χ1v) is 10.1. The maximum absolute atomic E-state index is 12.3. The number of carbonyl (C=O) groups excluding carboxylic acids is 1. The quantitative estimate of drug-likeness (QED) is 0.631. The molecule has 1 unspecified atom stereocenters. The Kier molecular flexibility index (Phi) is 6.14. The molecule has 1 atom stereocenters. The Bertz CT molecular complexity index is 780. The number of nitrogens with one attached hydrogen (secondary N) is 1. The van der Waals surface area contributed by atoms with E-state index in [0.29, 0.717) is 11.8 Å². The number of anilines is 2. The second kappa shape index (κ2) is 8.54. The van der Waals surface area contributed by atoms with Gasteiger partial charge < -0.3 is 10.2 Å². The number of rotatable bonds is 5. The topological polar surface area (TPSA) is 58.1 Å². The van der Waals surface area contributed by atoms with Crippen molar-refractivity contribution in [2.24, 2.45) is 0 Å². The van der Waals surface area contributed by atoms with E-state index in [-0.39, 0.29) is 5.91 Å². The summed E-state index contributed by atoms with van der Waals surface area (Å²) in [5.41, 5.74) is 3.13. The molecule has 1 amide bonds. The number of benzene rings is 1. The molecule has 0 bridgehead atoms. The Hall–Kier alpha value is -2.08. The summed E-state index contributed by atoms with van der Waals surface area (Å²) in [6, 6.07) is 8.53. The molecule has 5 nitrogen and oxygen atoms in total. The standard InChI is InChI=1S/C20H26N4OS/c1-14-7-8-17(15(2)10-14)23-19(25)12-26-20-11-18(21-13-22-20)24-9-5-4-6-16(24)3/h7-8,10-11,13,16H,4-6,9,12H2,1-3H3,(H,23,25). The van der Waals surface area contributed by atoms with E-state index in [0.717, 1.165) is 28.6 Å². The highest BCUT2D eigenvalue weighted by molar-refractivity contribution is 7.99. The Morgan fingerprint density at radius 2 is 2.12 bits per heavy atom. The monoisotopic (exact) mass is 370 g/mol. The number of aryl methyl sites for hydroxylation is 2. The average Bonchev–Trinajstić information content (AvgIpc) is 2.63. The SMILES string of the molecule is Cc1ccc(NC(=O)CSc2cc(N3CCCCC3C)ncn2)c(C)c1. The summed E-state index contributed by atoms with van der Waals surface area (Å²) >= 11 is 1.45. The van der Waals surface area contributed by atoms with Crippen molar-refractivity contribution in [2.75, 3.05) is 22.5 Å². The third kappa shape index (κ3) is 4.75. The van der Waals surface area contributed by atoms with Gasteiger partial charge in [-0.3, -0.25) is 4.79 Å². The highest BCUT2D eigenvalue weighted by Crippen LogP contribution is 2.26. The Morgan fingerprint density at radius 1 is 1.27 bits per heavy atom. The lowest BCUT2D eigenvalue weighted by atomic mass is 10.0. The minimum atomic E-state index is -0.0199. The van der Waals surface area contributed by atoms with Gasteiger partial charge in [-0.25, -0.2) is 9.97 Å². The summed E-state index contributed by atoms with van der Waals surface area (Å²) in [5, 5.41) is 3.82. The molecule has 1 aromatic heterocycles. The fraction of sp³-hybridized carbons (Fsp3) is 0.450. The van der Waals surface area contributed by atoms with E-state index in [1.165, 1.54) is 36.6 Å². The number of hydrogen-bond donors (Lipinski definition) is 1. The van der Waals surface area contributed by atoms with E-state index in [1.807, 2.05) is 32.0 Å². The zero-order valence-corrected chi connectivity index (χ0v) is 16.5. The van der Waals surface area contributed by atoms with Gasteiger partial charge in [-0.15, -0.1) is 0 Å². The summed E-state index contributed by atoms with van der Waals surface area (Å²) in [6.45, 7) is 7.33. The number of nitrogens with zero attached hydrogens (tertiary/aromatic N) is 3. The Morgan fingerprint density at radius 3 is 2.88 bits per heavy atom. The van der Waals surface area contributed by atoms with E-state index >= 15 is 0 Å². The lowest BCUT2D eigenvalue weighted by Crippen LogP contribution is -2.38. The molecule has 1 aliphatic heterocycles. The first-order valence-electron chi connectivity index (χ1n) is 9.11. The van der Waals surface area contributed by atoms with Crippen molar-refractivity contribution >= 4 is 29.2 Å². The highest BCUT2D eigenvalue weighted by Gasteiger charge is 2.20. The maximum atomic E-state index is 12.3. The van der Waals surface area contributed by atoms with E-state index in [9.17, 15) is 4.79 Å². The van der Waals surface area contributed by atoms with Crippen LogP contribution in [0.15, 0.2) is 35.6 Å². The summed E-state index contributed by atoms with van der Waals surface area (Å²) in [4.78, 5) is 23.4. The van der Waals surface area contributed by atoms with Crippen LogP contribution in [0.2, 0.25) is 0 Å². The normalized spacial score (nSPS) is 17.2. The molecule has 6 heteroatoms. The van der Waals surface area contributed by atoms with Gasteiger partial charge in [-0.2, -0.15) is 0 Å². The fourth-order valence-electron chi connectivity index (χ4n) is 3.28. The van der Waals surface area contributed by atoms with Gasteiger partial charge in [-0.1, -0.05) is 29.5 Å². The molecule has 1 fully saturated rings. The highest BCUT2D eigenvalue weighted by atomic mass is 32.2. The Balaban J connectivity index is 1.59. The van der Waals surface area contributed by atoms with Gasteiger partial charge in [0.2, 0.25) is 5.91 Å². The molecule has 2 heterocycles. The van der Waals surface area contributed by atoms with Gasteiger partial charge in [0.05, 0.1) is 5.75 Å². The van der Waals surface area contributed by atoms with Crippen molar-refractivity contribution in [3.05, 3.63) is 41.7 Å². The van der Waals surface area contributed by atoms with Crippen LogP contribution in [-0.4, -0.2) is 34.2 Å². The second-order valence-electron chi connectivity index (χ2n) is 6.91. The smallest absolute Gasteiger partial charge is 0.234 e. The minimum Gasteiger partial charge on any atom is -0.354 e.